The van der Waals surface area contributed by atoms with Crippen LogP contribution in [0.5, 0.6) is 0 Å². The van der Waals surface area contributed by atoms with Crippen LogP contribution in [0.2, 0.25) is 0 Å². The molecule has 0 radical (unpaired) electrons. The molecular formula is C17H36N2O2. The van der Waals surface area contributed by atoms with Gasteiger partial charge in [0.15, 0.2) is 0 Å². The summed E-state index contributed by atoms with van der Waals surface area (Å²) in [4.78, 5) is 2.69. The molecule has 1 heterocycles. The van der Waals surface area contributed by atoms with Crippen molar-refractivity contribution < 1.29 is 9.47 Å². The van der Waals surface area contributed by atoms with E-state index < -0.39 is 0 Å². The van der Waals surface area contributed by atoms with Crippen LogP contribution in [-0.2, 0) is 9.47 Å². The van der Waals surface area contributed by atoms with Gasteiger partial charge in [-0.25, -0.2) is 0 Å². The van der Waals surface area contributed by atoms with Gasteiger partial charge in [0, 0.05) is 45.4 Å². The van der Waals surface area contributed by atoms with Crippen molar-refractivity contribution in [3.05, 3.63) is 0 Å². The molecule has 4 heteroatoms. The van der Waals surface area contributed by atoms with Crippen LogP contribution in [-0.4, -0.2) is 63.5 Å². The molecule has 1 aliphatic rings. The first-order valence-corrected chi connectivity index (χ1v) is 8.64. The lowest BCUT2D eigenvalue weighted by Gasteiger charge is -2.44. The number of nitrogens with one attached hydrogen (secondary N) is 1. The van der Waals surface area contributed by atoms with Gasteiger partial charge in [-0.2, -0.15) is 0 Å². The number of piperazine rings is 1. The van der Waals surface area contributed by atoms with Crippen LogP contribution in [0.4, 0.5) is 0 Å². The molecule has 1 N–H and O–H groups in total. The van der Waals surface area contributed by atoms with Crippen LogP contribution < -0.4 is 5.32 Å². The summed E-state index contributed by atoms with van der Waals surface area (Å²) in [5.41, 5.74) is 0. The standard InChI is InChI=1S/C17H36N2O2/c1-6-15(4)17-12-18-16(14(2)3)13-19(17)8-7-9-21-11-10-20-5/h14-18H,6-13H2,1-5H3. The van der Waals surface area contributed by atoms with Crippen molar-refractivity contribution in [2.45, 2.75) is 52.6 Å². The molecule has 4 nitrogen and oxygen atoms in total. The highest BCUT2D eigenvalue weighted by molar-refractivity contribution is 4.89. The molecule has 21 heavy (non-hydrogen) atoms. The number of methoxy groups -OCH3 is 1. The van der Waals surface area contributed by atoms with Gasteiger partial charge in [-0.15, -0.1) is 0 Å². The summed E-state index contributed by atoms with van der Waals surface area (Å²) in [5, 5.41) is 3.74. The van der Waals surface area contributed by atoms with Crippen LogP contribution in [0.1, 0.15) is 40.5 Å². The van der Waals surface area contributed by atoms with Crippen molar-refractivity contribution in [2.75, 3.05) is 46.6 Å². The van der Waals surface area contributed by atoms with Gasteiger partial charge in [-0.05, 0) is 18.3 Å². The number of ether oxygens (including phenoxy) is 2. The summed E-state index contributed by atoms with van der Waals surface area (Å²) in [6.45, 7) is 15.0. The SMILES string of the molecule is CCC(C)C1CNC(C(C)C)CN1CCCOCCOC. The van der Waals surface area contributed by atoms with Gasteiger partial charge in [0.2, 0.25) is 0 Å². The van der Waals surface area contributed by atoms with E-state index in [9.17, 15) is 0 Å². The van der Waals surface area contributed by atoms with Gasteiger partial charge in [0.05, 0.1) is 13.2 Å². The summed E-state index contributed by atoms with van der Waals surface area (Å²) in [5.74, 6) is 1.45. The lowest BCUT2D eigenvalue weighted by Crippen LogP contribution is -2.60. The minimum Gasteiger partial charge on any atom is -0.382 e. The summed E-state index contributed by atoms with van der Waals surface area (Å²) < 4.78 is 10.6. The minimum atomic E-state index is 0.625. The normalized spacial score (nSPS) is 25.4. The Labute approximate surface area is 131 Å². The summed E-state index contributed by atoms with van der Waals surface area (Å²) in [6.07, 6.45) is 2.36. The fourth-order valence-electron chi connectivity index (χ4n) is 3.00. The second-order valence-electron chi connectivity index (χ2n) is 6.67. The molecule has 3 unspecified atom stereocenters. The van der Waals surface area contributed by atoms with Crippen LogP contribution in [0.15, 0.2) is 0 Å². The molecule has 1 fully saturated rings. The Morgan fingerprint density at radius 1 is 1.19 bits per heavy atom. The van der Waals surface area contributed by atoms with E-state index in [1.807, 2.05) is 0 Å². The molecule has 0 aliphatic carbocycles. The maximum Gasteiger partial charge on any atom is 0.0700 e. The third-order valence-corrected chi connectivity index (χ3v) is 4.76. The number of hydrogen-bond acceptors (Lipinski definition) is 4. The predicted octanol–water partition coefficient (Wildman–Crippen LogP) is 2.38. The van der Waals surface area contributed by atoms with E-state index in [1.54, 1.807) is 7.11 Å². The molecular weight excluding hydrogens is 264 g/mol. The van der Waals surface area contributed by atoms with E-state index >= 15 is 0 Å². The van der Waals surface area contributed by atoms with E-state index in [4.69, 9.17) is 9.47 Å². The average molecular weight is 300 g/mol. The Hall–Kier alpha value is -0.160. The topological polar surface area (TPSA) is 33.7 Å². The Morgan fingerprint density at radius 3 is 2.57 bits per heavy atom. The van der Waals surface area contributed by atoms with Gasteiger partial charge in [-0.3, -0.25) is 4.90 Å². The van der Waals surface area contributed by atoms with Crippen LogP contribution >= 0.6 is 0 Å². The molecule has 0 spiro atoms. The fourth-order valence-corrected chi connectivity index (χ4v) is 3.00. The Bertz CT molecular complexity index is 261. The maximum atomic E-state index is 5.59. The van der Waals surface area contributed by atoms with E-state index in [0.29, 0.717) is 31.2 Å². The summed E-state index contributed by atoms with van der Waals surface area (Å²) in [7, 11) is 1.72. The van der Waals surface area contributed by atoms with E-state index in [-0.39, 0.29) is 0 Å². The molecule has 0 aromatic heterocycles. The molecule has 126 valence electrons. The predicted molar refractivity (Wildman–Crippen MR) is 88.8 cm³/mol. The van der Waals surface area contributed by atoms with Crippen molar-refractivity contribution >= 4 is 0 Å². The molecule has 0 amide bonds. The lowest BCUT2D eigenvalue weighted by atomic mass is 9.91. The van der Waals surface area contributed by atoms with Gasteiger partial charge in [0.25, 0.3) is 0 Å². The third-order valence-electron chi connectivity index (χ3n) is 4.76. The molecule has 0 bridgehead atoms. The highest BCUT2D eigenvalue weighted by Crippen LogP contribution is 2.20. The summed E-state index contributed by atoms with van der Waals surface area (Å²) in [6, 6.07) is 1.30. The van der Waals surface area contributed by atoms with Gasteiger partial charge in [0.1, 0.15) is 0 Å². The first kappa shape index (κ1) is 18.9. The van der Waals surface area contributed by atoms with Gasteiger partial charge >= 0.3 is 0 Å². The van der Waals surface area contributed by atoms with E-state index in [0.717, 1.165) is 32.0 Å². The largest absolute Gasteiger partial charge is 0.382 e. The first-order valence-electron chi connectivity index (χ1n) is 8.64. The van der Waals surface area contributed by atoms with E-state index in [2.05, 4.69) is 37.9 Å². The Kier molecular flexibility index (Phi) is 9.49. The van der Waals surface area contributed by atoms with Crippen molar-refractivity contribution in [3.63, 3.8) is 0 Å². The number of rotatable bonds is 10. The van der Waals surface area contributed by atoms with Gasteiger partial charge in [-0.1, -0.05) is 34.1 Å². The zero-order chi connectivity index (χ0) is 15.7. The first-order chi connectivity index (χ1) is 10.1. The average Bonchev–Trinajstić information content (AvgIpc) is 2.49. The molecule has 0 aromatic rings. The Morgan fingerprint density at radius 2 is 1.95 bits per heavy atom. The highest BCUT2D eigenvalue weighted by Gasteiger charge is 2.31. The lowest BCUT2D eigenvalue weighted by molar-refractivity contribution is 0.0464. The molecule has 1 aliphatic heterocycles. The third kappa shape index (κ3) is 6.64. The highest BCUT2D eigenvalue weighted by atomic mass is 16.5. The minimum absolute atomic E-state index is 0.625. The zero-order valence-electron chi connectivity index (χ0n) is 14.7. The zero-order valence-corrected chi connectivity index (χ0v) is 14.7. The summed E-state index contributed by atoms with van der Waals surface area (Å²) >= 11 is 0. The van der Waals surface area contributed by atoms with Crippen LogP contribution in [0, 0.1) is 11.8 Å². The molecule has 1 saturated heterocycles. The van der Waals surface area contributed by atoms with Crippen LogP contribution in [0.3, 0.4) is 0 Å². The van der Waals surface area contributed by atoms with Crippen molar-refractivity contribution in [1.29, 1.82) is 0 Å². The molecule has 3 atom stereocenters. The molecule has 0 aromatic carbocycles. The Balaban J connectivity index is 2.39. The van der Waals surface area contributed by atoms with Gasteiger partial charge < -0.3 is 14.8 Å². The fraction of sp³-hybridized carbons (Fsp3) is 1.00. The van der Waals surface area contributed by atoms with Crippen molar-refractivity contribution in [1.82, 2.24) is 10.2 Å². The van der Waals surface area contributed by atoms with E-state index in [1.165, 1.54) is 13.0 Å². The maximum absolute atomic E-state index is 5.59. The second kappa shape index (κ2) is 10.5. The second-order valence-corrected chi connectivity index (χ2v) is 6.67. The smallest absolute Gasteiger partial charge is 0.0700 e. The van der Waals surface area contributed by atoms with Crippen molar-refractivity contribution in [3.8, 4) is 0 Å². The molecule has 1 rings (SSSR count). The monoisotopic (exact) mass is 300 g/mol. The number of hydrogen-bond donors (Lipinski definition) is 1. The number of nitrogens with zero attached hydrogens (tertiary/aromatic N) is 1. The molecule has 0 saturated carbocycles. The quantitative estimate of drug-likeness (QED) is 0.628. The van der Waals surface area contributed by atoms with Crippen molar-refractivity contribution in [2.24, 2.45) is 11.8 Å². The van der Waals surface area contributed by atoms with Crippen LogP contribution in [0.25, 0.3) is 0 Å².